The molecule has 0 spiro atoms. The molecule has 2 heteroatoms. The molecule has 0 radical (unpaired) electrons. The zero-order valence-corrected chi connectivity index (χ0v) is 8.63. The van der Waals surface area contributed by atoms with E-state index in [2.05, 4.69) is 37.4 Å². The molecule has 2 N–H and O–H groups in total. The molecule has 0 unspecified atom stereocenters. The number of quaternary nitrogens is 1. The summed E-state index contributed by atoms with van der Waals surface area (Å²) in [5.74, 6) is 0.986. The Kier molecular flexibility index (Phi) is 3.77. The molecule has 1 rings (SSSR count). The fourth-order valence-corrected chi connectivity index (χ4v) is 1.31. The predicted octanol–water partition coefficient (Wildman–Crippen LogP) is 0.875. The Morgan fingerprint density at radius 2 is 1.77 bits per heavy atom. The normalized spacial score (nSPS) is 10.1. The summed E-state index contributed by atoms with van der Waals surface area (Å²) < 4.78 is 5.58. The first-order valence-electron chi connectivity index (χ1n) is 4.71. The van der Waals surface area contributed by atoms with E-state index >= 15 is 0 Å². The lowest BCUT2D eigenvalue weighted by Gasteiger charge is -2.06. The van der Waals surface area contributed by atoms with Gasteiger partial charge in [-0.05, 0) is 37.1 Å². The number of hydrogen-bond donors (Lipinski definition) is 1. The van der Waals surface area contributed by atoms with E-state index in [0.717, 1.165) is 18.9 Å². The van der Waals surface area contributed by atoms with Crippen molar-refractivity contribution in [3.05, 3.63) is 29.3 Å². The first-order chi connectivity index (χ1) is 6.22. The van der Waals surface area contributed by atoms with Crippen LogP contribution < -0.4 is 10.1 Å². The van der Waals surface area contributed by atoms with Crippen molar-refractivity contribution in [3.8, 4) is 5.75 Å². The Balaban J connectivity index is 2.56. The maximum Gasteiger partial charge on any atom is 0.137 e. The van der Waals surface area contributed by atoms with E-state index < -0.39 is 0 Å². The van der Waals surface area contributed by atoms with E-state index in [1.54, 1.807) is 0 Å². The molecule has 0 amide bonds. The molecule has 1 aromatic rings. The Hall–Kier alpha value is -1.02. The summed E-state index contributed by atoms with van der Waals surface area (Å²) in [6.45, 7) is 5.96. The number of benzene rings is 1. The van der Waals surface area contributed by atoms with Crippen molar-refractivity contribution in [1.29, 1.82) is 0 Å². The van der Waals surface area contributed by atoms with Crippen molar-refractivity contribution < 1.29 is 10.1 Å². The van der Waals surface area contributed by atoms with E-state index in [-0.39, 0.29) is 0 Å². The summed E-state index contributed by atoms with van der Waals surface area (Å²) in [6.07, 6.45) is 0. The number of aryl methyl sites for hydroxylation is 2. The molecule has 0 aliphatic heterocycles. The maximum atomic E-state index is 5.58. The molecule has 0 heterocycles. The van der Waals surface area contributed by atoms with Crippen LogP contribution in [-0.4, -0.2) is 20.2 Å². The van der Waals surface area contributed by atoms with Gasteiger partial charge < -0.3 is 10.1 Å². The van der Waals surface area contributed by atoms with Gasteiger partial charge in [-0.15, -0.1) is 0 Å². The summed E-state index contributed by atoms with van der Waals surface area (Å²) in [5.41, 5.74) is 2.52. The van der Waals surface area contributed by atoms with Gasteiger partial charge >= 0.3 is 0 Å². The average molecular weight is 180 g/mol. The Bertz CT molecular complexity index is 251. The Morgan fingerprint density at radius 1 is 1.15 bits per heavy atom. The Morgan fingerprint density at radius 3 is 2.31 bits per heavy atom. The van der Waals surface area contributed by atoms with Crippen LogP contribution in [0.5, 0.6) is 5.75 Å². The molecule has 72 valence electrons. The minimum Gasteiger partial charge on any atom is -0.488 e. The summed E-state index contributed by atoms with van der Waals surface area (Å²) in [7, 11) is 2.05. The third-order valence-electron chi connectivity index (χ3n) is 1.87. The van der Waals surface area contributed by atoms with Crippen LogP contribution in [0.4, 0.5) is 0 Å². The third-order valence-corrected chi connectivity index (χ3v) is 1.87. The lowest BCUT2D eigenvalue weighted by molar-refractivity contribution is -0.627. The van der Waals surface area contributed by atoms with E-state index in [0.29, 0.717) is 0 Å². The van der Waals surface area contributed by atoms with Gasteiger partial charge in [-0.3, -0.25) is 0 Å². The maximum absolute atomic E-state index is 5.58. The number of hydrogen-bond acceptors (Lipinski definition) is 1. The molecular weight excluding hydrogens is 162 g/mol. The van der Waals surface area contributed by atoms with Gasteiger partial charge in [-0.1, -0.05) is 6.07 Å². The highest BCUT2D eigenvalue weighted by molar-refractivity contribution is 5.32. The Labute approximate surface area is 79.9 Å². The van der Waals surface area contributed by atoms with Crippen LogP contribution in [0.15, 0.2) is 18.2 Å². The van der Waals surface area contributed by atoms with Crippen LogP contribution in [0.2, 0.25) is 0 Å². The second-order valence-corrected chi connectivity index (χ2v) is 3.37. The fraction of sp³-hybridized carbons (Fsp3) is 0.455. The van der Waals surface area contributed by atoms with Crippen molar-refractivity contribution in [3.63, 3.8) is 0 Å². The van der Waals surface area contributed by atoms with Crippen LogP contribution in [0.25, 0.3) is 0 Å². The molecule has 0 bridgehead atoms. The zero-order chi connectivity index (χ0) is 9.68. The zero-order valence-electron chi connectivity index (χ0n) is 8.63. The van der Waals surface area contributed by atoms with Crippen LogP contribution in [0.3, 0.4) is 0 Å². The van der Waals surface area contributed by atoms with Gasteiger partial charge in [0.05, 0.1) is 7.05 Å². The minimum absolute atomic E-state index is 0.777. The van der Waals surface area contributed by atoms with Gasteiger partial charge in [-0.25, -0.2) is 0 Å². The van der Waals surface area contributed by atoms with E-state index in [4.69, 9.17) is 4.74 Å². The van der Waals surface area contributed by atoms with E-state index in [1.807, 2.05) is 7.05 Å². The molecule has 1 aromatic carbocycles. The summed E-state index contributed by atoms with van der Waals surface area (Å²) in [5, 5.41) is 2.11. The molecule has 13 heavy (non-hydrogen) atoms. The highest BCUT2D eigenvalue weighted by Gasteiger charge is 1.96. The molecule has 0 atom stereocenters. The third kappa shape index (κ3) is 3.47. The summed E-state index contributed by atoms with van der Waals surface area (Å²) >= 11 is 0. The number of rotatable bonds is 4. The lowest BCUT2D eigenvalue weighted by atomic mass is 10.1. The smallest absolute Gasteiger partial charge is 0.137 e. The minimum atomic E-state index is 0.777. The van der Waals surface area contributed by atoms with Crippen molar-refractivity contribution in [2.45, 2.75) is 13.8 Å². The molecular formula is C11H18NO+. The standard InChI is InChI=1S/C11H17NO/c1-9-6-10(2)8-11(7-9)13-5-4-12-3/h6-8,12H,4-5H2,1-3H3/p+1. The second kappa shape index (κ2) is 4.87. The predicted molar refractivity (Wildman–Crippen MR) is 54.1 cm³/mol. The first-order valence-corrected chi connectivity index (χ1v) is 4.71. The molecule has 0 saturated carbocycles. The quantitative estimate of drug-likeness (QED) is 0.684. The summed E-state index contributed by atoms with van der Waals surface area (Å²) in [6, 6.07) is 6.30. The SMILES string of the molecule is C[NH2+]CCOc1cc(C)cc(C)c1. The van der Waals surface area contributed by atoms with Gasteiger partial charge in [-0.2, -0.15) is 0 Å². The summed E-state index contributed by atoms with van der Waals surface area (Å²) in [4.78, 5) is 0. The van der Waals surface area contributed by atoms with Gasteiger partial charge in [0.1, 0.15) is 18.9 Å². The van der Waals surface area contributed by atoms with Crippen molar-refractivity contribution in [1.82, 2.24) is 0 Å². The van der Waals surface area contributed by atoms with Crippen LogP contribution >= 0.6 is 0 Å². The first kappa shape index (κ1) is 10.1. The van der Waals surface area contributed by atoms with Gasteiger partial charge in [0.2, 0.25) is 0 Å². The monoisotopic (exact) mass is 180 g/mol. The van der Waals surface area contributed by atoms with Crippen LogP contribution in [-0.2, 0) is 0 Å². The van der Waals surface area contributed by atoms with Crippen LogP contribution in [0.1, 0.15) is 11.1 Å². The van der Waals surface area contributed by atoms with E-state index in [9.17, 15) is 0 Å². The molecule has 0 saturated heterocycles. The molecule has 0 fully saturated rings. The number of ether oxygens (including phenoxy) is 1. The molecule has 0 aromatic heterocycles. The molecule has 2 nitrogen and oxygen atoms in total. The number of nitrogens with two attached hydrogens (primary N) is 1. The average Bonchev–Trinajstić information content (AvgIpc) is 2.03. The topological polar surface area (TPSA) is 25.8 Å². The highest BCUT2D eigenvalue weighted by atomic mass is 16.5. The van der Waals surface area contributed by atoms with Crippen molar-refractivity contribution in [2.75, 3.05) is 20.2 Å². The van der Waals surface area contributed by atoms with E-state index in [1.165, 1.54) is 11.1 Å². The highest BCUT2D eigenvalue weighted by Crippen LogP contribution is 2.15. The van der Waals surface area contributed by atoms with Crippen molar-refractivity contribution >= 4 is 0 Å². The van der Waals surface area contributed by atoms with Crippen molar-refractivity contribution in [2.24, 2.45) is 0 Å². The second-order valence-electron chi connectivity index (χ2n) is 3.37. The lowest BCUT2D eigenvalue weighted by Crippen LogP contribution is -2.80. The van der Waals surface area contributed by atoms with Gasteiger partial charge in [0.15, 0.2) is 0 Å². The number of likely N-dealkylation sites (N-methyl/N-ethyl adjacent to an activating group) is 1. The molecule has 0 aliphatic rings. The van der Waals surface area contributed by atoms with Gasteiger partial charge in [0.25, 0.3) is 0 Å². The largest absolute Gasteiger partial charge is 0.488 e. The van der Waals surface area contributed by atoms with Gasteiger partial charge in [0, 0.05) is 0 Å². The fourth-order valence-electron chi connectivity index (χ4n) is 1.31. The molecule has 0 aliphatic carbocycles. The van der Waals surface area contributed by atoms with Crippen LogP contribution in [0, 0.1) is 13.8 Å².